The number of amides is 1. The summed E-state index contributed by atoms with van der Waals surface area (Å²) in [5, 5.41) is 2.91. The van der Waals surface area contributed by atoms with Crippen molar-refractivity contribution in [3.63, 3.8) is 0 Å². The maximum absolute atomic E-state index is 13.2. The van der Waals surface area contributed by atoms with Crippen molar-refractivity contribution in [3.05, 3.63) is 30.1 Å². The summed E-state index contributed by atoms with van der Waals surface area (Å²) in [7, 11) is 3.51. The second-order valence-electron chi connectivity index (χ2n) is 3.95. The van der Waals surface area contributed by atoms with Crippen molar-refractivity contribution in [2.24, 2.45) is 0 Å². The van der Waals surface area contributed by atoms with Crippen LogP contribution in [0, 0.1) is 5.82 Å². The SMILES string of the molecule is CNCCC(=O)N(C)CCOc1ccccc1F.Cl. The third kappa shape index (κ3) is 6.40. The van der Waals surface area contributed by atoms with Gasteiger partial charge in [-0.1, -0.05) is 12.1 Å². The summed E-state index contributed by atoms with van der Waals surface area (Å²) in [6.45, 7) is 1.37. The molecule has 0 bridgehead atoms. The Balaban J connectivity index is 0.00000324. The van der Waals surface area contributed by atoms with Gasteiger partial charge in [-0.15, -0.1) is 12.4 Å². The number of nitrogens with zero attached hydrogens (tertiary/aromatic N) is 1. The van der Waals surface area contributed by atoms with E-state index in [1.54, 1.807) is 37.2 Å². The molecule has 108 valence electrons. The van der Waals surface area contributed by atoms with Gasteiger partial charge in [0.05, 0.1) is 6.54 Å². The van der Waals surface area contributed by atoms with E-state index in [9.17, 15) is 9.18 Å². The Hall–Kier alpha value is -1.33. The highest BCUT2D eigenvalue weighted by Gasteiger charge is 2.08. The predicted molar refractivity (Wildman–Crippen MR) is 75.3 cm³/mol. The monoisotopic (exact) mass is 290 g/mol. The highest BCUT2D eigenvalue weighted by Crippen LogP contribution is 2.14. The first-order chi connectivity index (χ1) is 8.65. The van der Waals surface area contributed by atoms with Gasteiger partial charge in [-0.3, -0.25) is 4.79 Å². The van der Waals surface area contributed by atoms with E-state index in [1.807, 2.05) is 0 Å². The Kier molecular flexibility index (Phi) is 8.91. The van der Waals surface area contributed by atoms with Crippen molar-refractivity contribution in [1.82, 2.24) is 10.2 Å². The Bertz CT molecular complexity index is 391. The van der Waals surface area contributed by atoms with Gasteiger partial charge in [0.15, 0.2) is 11.6 Å². The van der Waals surface area contributed by atoms with Crippen molar-refractivity contribution in [2.75, 3.05) is 33.8 Å². The molecule has 1 aromatic rings. The number of nitrogens with one attached hydrogen (secondary N) is 1. The van der Waals surface area contributed by atoms with Crippen molar-refractivity contribution in [3.8, 4) is 5.75 Å². The molecule has 1 aromatic carbocycles. The molecule has 0 aliphatic heterocycles. The number of halogens is 2. The Morgan fingerprint density at radius 2 is 2.11 bits per heavy atom. The molecule has 0 aliphatic rings. The van der Waals surface area contributed by atoms with Gasteiger partial charge in [-0.25, -0.2) is 4.39 Å². The Morgan fingerprint density at radius 1 is 1.42 bits per heavy atom. The van der Waals surface area contributed by atoms with Crippen LogP contribution in [-0.4, -0.2) is 44.6 Å². The van der Waals surface area contributed by atoms with Crippen LogP contribution in [0.4, 0.5) is 4.39 Å². The van der Waals surface area contributed by atoms with Crippen molar-refractivity contribution in [1.29, 1.82) is 0 Å². The zero-order chi connectivity index (χ0) is 13.4. The van der Waals surface area contributed by atoms with Gasteiger partial charge in [0, 0.05) is 20.0 Å². The minimum absolute atomic E-state index is 0. The average molecular weight is 291 g/mol. The highest BCUT2D eigenvalue weighted by molar-refractivity contribution is 5.85. The molecule has 0 aliphatic carbocycles. The van der Waals surface area contributed by atoms with Crippen LogP contribution < -0.4 is 10.1 Å². The maximum Gasteiger partial charge on any atom is 0.223 e. The normalized spacial score (nSPS) is 9.63. The van der Waals surface area contributed by atoms with Crippen LogP contribution >= 0.6 is 12.4 Å². The van der Waals surface area contributed by atoms with Crippen LogP contribution in [0.2, 0.25) is 0 Å². The van der Waals surface area contributed by atoms with E-state index in [4.69, 9.17) is 4.74 Å². The minimum atomic E-state index is -0.387. The fourth-order valence-electron chi connectivity index (χ4n) is 1.40. The molecule has 0 radical (unpaired) electrons. The van der Waals surface area contributed by atoms with Gasteiger partial charge in [0.2, 0.25) is 5.91 Å². The van der Waals surface area contributed by atoms with E-state index in [2.05, 4.69) is 5.32 Å². The molecule has 0 unspecified atom stereocenters. The van der Waals surface area contributed by atoms with Gasteiger partial charge in [-0.2, -0.15) is 0 Å². The number of rotatable bonds is 7. The fraction of sp³-hybridized carbons (Fsp3) is 0.462. The van der Waals surface area contributed by atoms with Gasteiger partial charge in [-0.05, 0) is 19.2 Å². The molecule has 1 N–H and O–H groups in total. The second kappa shape index (κ2) is 9.58. The summed E-state index contributed by atoms with van der Waals surface area (Å²) >= 11 is 0. The predicted octanol–water partition coefficient (Wildman–Crippen LogP) is 1.69. The molecule has 0 fully saturated rings. The summed E-state index contributed by atoms with van der Waals surface area (Å²) in [6.07, 6.45) is 0.451. The molecule has 1 amide bonds. The van der Waals surface area contributed by atoms with Crippen LogP contribution in [0.3, 0.4) is 0 Å². The highest BCUT2D eigenvalue weighted by atomic mass is 35.5. The summed E-state index contributed by atoms with van der Waals surface area (Å²) in [5.74, 6) is -0.128. The van der Waals surface area contributed by atoms with E-state index in [0.717, 1.165) is 0 Å². The zero-order valence-electron chi connectivity index (χ0n) is 11.2. The van der Waals surface area contributed by atoms with Crippen LogP contribution in [0.25, 0.3) is 0 Å². The maximum atomic E-state index is 13.2. The van der Waals surface area contributed by atoms with Crippen LogP contribution in [0.15, 0.2) is 24.3 Å². The van der Waals surface area contributed by atoms with E-state index in [0.29, 0.717) is 19.5 Å². The number of ether oxygens (including phenoxy) is 1. The molecular formula is C13H20ClFN2O2. The molecular weight excluding hydrogens is 271 g/mol. The summed E-state index contributed by atoms with van der Waals surface area (Å²) in [4.78, 5) is 13.1. The third-order valence-corrected chi connectivity index (χ3v) is 2.54. The quantitative estimate of drug-likeness (QED) is 0.831. The lowest BCUT2D eigenvalue weighted by Crippen LogP contribution is -2.32. The lowest BCUT2D eigenvalue weighted by molar-refractivity contribution is -0.130. The second-order valence-corrected chi connectivity index (χ2v) is 3.95. The van der Waals surface area contributed by atoms with Crippen LogP contribution in [0.1, 0.15) is 6.42 Å². The Labute approximate surface area is 119 Å². The summed E-state index contributed by atoms with van der Waals surface area (Å²) in [5.41, 5.74) is 0. The molecule has 0 aromatic heterocycles. The number of hydrogen-bond acceptors (Lipinski definition) is 3. The number of hydrogen-bond donors (Lipinski definition) is 1. The summed E-state index contributed by atoms with van der Waals surface area (Å²) < 4.78 is 18.5. The van der Waals surface area contributed by atoms with E-state index in [-0.39, 0.29) is 36.5 Å². The first-order valence-corrected chi connectivity index (χ1v) is 5.91. The molecule has 4 nitrogen and oxygen atoms in total. The molecule has 19 heavy (non-hydrogen) atoms. The number of carbonyl (C=O) groups excluding carboxylic acids is 1. The number of likely N-dealkylation sites (N-methyl/N-ethyl adjacent to an activating group) is 1. The molecule has 6 heteroatoms. The molecule has 1 rings (SSSR count). The third-order valence-electron chi connectivity index (χ3n) is 2.54. The smallest absolute Gasteiger partial charge is 0.223 e. The van der Waals surface area contributed by atoms with Crippen molar-refractivity contribution in [2.45, 2.75) is 6.42 Å². The van der Waals surface area contributed by atoms with Gasteiger partial charge < -0.3 is 15.0 Å². The zero-order valence-corrected chi connectivity index (χ0v) is 12.0. The Morgan fingerprint density at radius 3 is 2.74 bits per heavy atom. The van der Waals surface area contributed by atoms with E-state index < -0.39 is 0 Å². The first kappa shape index (κ1) is 17.7. The van der Waals surface area contributed by atoms with Gasteiger partial charge >= 0.3 is 0 Å². The van der Waals surface area contributed by atoms with Crippen LogP contribution in [0.5, 0.6) is 5.75 Å². The topological polar surface area (TPSA) is 41.6 Å². The molecule has 0 spiro atoms. The van der Waals surface area contributed by atoms with E-state index in [1.165, 1.54) is 6.07 Å². The summed E-state index contributed by atoms with van der Waals surface area (Å²) in [6, 6.07) is 6.23. The lowest BCUT2D eigenvalue weighted by Gasteiger charge is -2.17. The van der Waals surface area contributed by atoms with E-state index >= 15 is 0 Å². The van der Waals surface area contributed by atoms with Crippen molar-refractivity contribution >= 4 is 18.3 Å². The standard InChI is InChI=1S/C13H19FN2O2.ClH/c1-15-8-7-13(17)16(2)9-10-18-12-6-4-3-5-11(12)14;/h3-6,15H,7-10H2,1-2H3;1H. The number of carbonyl (C=O) groups is 1. The average Bonchev–Trinajstić information content (AvgIpc) is 2.38. The minimum Gasteiger partial charge on any atom is -0.489 e. The molecule has 0 heterocycles. The van der Waals surface area contributed by atoms with Gasteiger partial charge in [0.25, 0.3) is 0 Å². The molecule has 0 saturated carbocycles. The largest absolute Gasteiger partial charge is 0.489 e. The lowest BCUT2D eigenvalue weighted by atomic mass is 10.3. The van der Waals surface area contributed by atoms with Crippen LogP contribution in [-0.2, 0) is 4.79 Å². The number of para-hydroxylation sites is 1. The molecule has 0 atom stereocenters. The fourth-order valence-corrected chi connectivity index (χ4v) is 1.40. The number of benzene rings is 1. The first-order valence-electron chi connectivity index (χ1n) is 5.91. The van der Waals surface area contributed by atoms with Crippen molar-refractivity contribution < 1.29 is 13.9 Å². The molecule has 0 saturated heterocycles. The van der Waals surface area contributed by atoms with Gasteiger partial charge in [0.1, 0.15) is 6.61 Å².